The molecule has 3 N–H and O–H groups in total. The molecule has 1 aliphatic heterocycles. The number of carbonyl (C=O) groups excluding carboxylic acids is 3. The molecular weight excluding hydrogens is 544 g/mol. The molecular formula is C34H40N4O5. The van der Waals surface area contributed by atoms with Gasteiger partial charge in [-0.3, -0.25) is 19.2 Å². The lowest BCUT2D eigenvalue weighted by Gasteiger charge is -2.37. The first-order valence-corrected chi connectivity index (χ1v) is 14.5. The second-order valence-electron chi connectivity index (χ2n) is 12.2. The SMILES string of the molecule is Cc1ccc(C(CC(=O)O)NC(=O)c2ccc(N3CCN(C(=O)c4ccccc4)CC3)c(NC(=O)CC(C)(C)C)c2)cc1. The molecule has 1 atom stereocenters. The van der Waals surface area contributed by atoms with E-state index in [9.17, 15) is 24.3 Å². The highest BCUT2D eigenvalue weighted by molar-refractivity contribution is 6.00. The standard InChI is InChI=1S/C34H40N4O5/c1-23-10-12-24(13-11-23)27(21-31(40)41)36-32(42)26-14-15-29(28(20-26)35-30(39)22-34(2,3)4)37-16-18-38(19-17-37)33(43)25-8-6-5-7-9-25/h5-15,20,27H,16-19,21-22H2,1-4H3,(H,35,39)(H,36,42)(H,40,41). The Morgan fingerprint density at radius 3 is 2.12 bits per heavy atom. The summed E-state index contributed by atoms with van der Waals surface area (Å²) in [6.45, 7) is 10.0. The van der Waals surface area contributed by atoms with Gasteiger partial charge in [0.2, 0.25) is 5.91 Å². The van der Waals surface area contributed by atoms with Crippen molar-refractivity contribution in [2.75, 3.05) is 36.4 Å². The second-order valence-corrected chi connectivity index (χ2v) is 12.2. The lowest BCUT2D eigenvalue weighted by molar-refractivity contribution is -0.137. The van der Waals surface area contributed by atoms with Crippen LogP contribution < -0.4 is 15.5 Å². The number of hydrogen-bond acceptors (Lipinski definition) is 5. The molecule has 1 heterocycles. The Hall–Kier alpha value is -4.66. The smallest absolute Gasteiger partial charge is 0.305 e. The first kappa shape index (κ1) is 31.3. The average Bonchev–Trinajstić information content (AvgIpc) is 2.96. The van der Waals surface area contributed by atoms with Gasteiger partial charge in [-0.1, -0.05) is 68.8 Å². The number of piperazine rings is 1. The maximum absolute atomic E-state index is 13.4. The van der Waals surface area contributed by atoms with Gasteiger partial charge in [-0.25, -0.2) is 0 Å². The fourth-order valence-electron chi connectivity index (χ4n) is 5.11. The molecule has 43 heavy (non-hydrogen) atoms. The van der Waals surface area contributed by atoms with Gasteiger partial charge in [0.25, 0.3) is 11.8 Å². The van der Waals surface area contributed by atoms with Gasteiger partial charge in [-0.2, -0.15) is 0 Å². The van der Waals surface area contributed by atoms with E-state index in [4.69, 9.17) is 0 Å². The van der Waals surface area contributed by atoms with Crippen LogP contribution in [0.5, 0.6) is 0 Å². The molecule has 1 unspecified atom stereocenters. The van der Waals surface area contributed by atoms with Crippen molar-refractivity contribution in [1.29, 1.82) is 0 Å². The predicted octanol–water partition coefficient (Wildman–Crippen LogP) is 5.28. The second kappa shape index (κ2) is 13.5. The van der Waals surface area contributed by atoms with E-state index in [1.54, 1.807) is 30.3 Å². The quantitative estimate of drug-likeness (QED) is 0.315. The Morgan fingerprint density at radius 2 is 1.51 bits per heavy atom. The number of aliphatic carboxylic acids is 1. The molecule has 0 radical (unpaired) electrons. The van der Waals surface area contributed by atoms with Gasteiger partial charge in [-0.05, 0) is 48.2 Å². The summed E-state index contributed by atoms with van der Waals surface area (Å²) in [4.78, 5) is 54.9. The van der Waals surface area contributed by atoms with Gasteiger partial charge in [0.05, 0.1) is 23.8 Å². The Labute approximate surface area is 252 Å². The number of carboxylic acids is 1. The summed E-state index contributed by atoms with van der Waals surface area (Å²) in [6.07, 6.45) is 0.0182. The number of aryl methyl sites for hydroxylation is 1. The summed E-state index contributed by atoms with van der Waals surface area (Å²) in [7, 11) is 0. The molecule has 3 amide bonds. The molecule has 1 saturated heterocycles. The summed E-state index contributed by atoms with van der Waals surface area (Å²) >= 11 is 0. The fourth-order valence-corrected chi connectivity index (χ4v) is 5.11. The maximum Gasteiger partial charge on any atom is 0.305 e. The summed E-state index contributed by atoms with van der Waals surface area (Å²) in [5, 5.41) is 15.4. The largest absolute Gasteiger partial charge is 0.481 e. The molecule has 9 heteroatoms. The van der Waals surface area contributed by atoms with Crippen molar-refractivity contribution >= 4 is 35.1 Å². The van der Waals surface area contributed by atoms with Crippen LogP contribution in [0.2, 0.25) is 0 Å². The number of carboxylic acid groups (broad SMARTS) is 1. The number of hydrogen-bond donors (Lipinski definition) is 3. The lowest BCUT2D eigenvalue weighted by atomic mass is 9.92. The van der Waals surface area contributed by atoms with Gasteiger partial charge >= 0.3 is 5.97 Å². The highest BCUT2D eigenvalue weighted by atomic mass is 16.4. The van der Waals surface area contributed by atoms with Crippen LogP contribution in [0, 0.1) is 12.3 Å². The van der Waals surface area contributed by atoms with E-state index in [0.717, 1.165) is 11.3 Å². The Balaban J connectivity index is 1.56. The van der Waals surface area contributed by atoms with E-state index in [0.29, 0.717) is 48.6 Å². The van der Waals surface area contributed by atoms with Crippen molar-refractivity contribution in [3.63, 3.8) is 0 Å². The monoisotopic (exact) mass is 584 g/mol. The van der Waals surface area contributed by atoms with Crippen LogP contribution in [-0.2, 0) is 9.59 Å². The number of benzene rings is 3. The van der Waals surface area contributed by atoms with E-state index in [2.05, 4.69) is 15.5 Å². The van der Waals surface area contributed by atoms with Crippen LogP contribution in [0.25, 0.3) is 0 Å². The van der Waals surface area contributed by atoms with Crippen LogP contribution >= 0.6 is 0 Å². The molecule has 3 aromatic rings. The maximum atomic E-state index is 13.4. The highest BCUT2D eigenvalue weighted by Crippen LogP contribution is 2.30. The van der Waals surface area contributed by atoms with Crippen LogP contribution in [0.1, 0.15) is 71.5 Å². The molecule has 226 valence electrons. The molecule has 0 aromatic heterocycles. The first-order valence-electron chi connectivity index (χ1n) is 14.5. The number of amides is 3. The zero-order valence-corrected chi connectivity index (χ0v) is 25.2. The molecule has 4 rings (SSSR count). The topological polar surface area (TPSA) is 119 Å². The minimum absolute atomic E-state index is 0.0181. The number of anilines is 2. The van der Waals surface area contributed by atoms with Crippen molar-refractivity contribution < 1.29 is 24.3 Å². The van der Waals surface area contributed by atoms with Gasteiger partial charge < -0.3 is 25.5 Å². The predicted molar refractivity (Wildman–Crippen MR) is 167 cm³/mol. The normalized spacial score (nSPS) is 14.1. The third-order valence-corrected chi connectivity index (χ3v) is 7.32. The molecule has 1 fully saturated rings. The molecule has 1 aliphatic rings. The van der Waals surface area contributed by atoms with Crippen molar-refractivity contribution in [3.8, 4) is 0 Å². The molecule has 0 aliphatic carbocycles. The van der Waals surface area contributed by atoms with Gasteiger partial charge in [0, 0.05) is 43.7 Å². The van der Waals surface area contributed by atoms with Crippen molar-refractivity contribution in [2.24, 2.45) is 5.41 Å². The van der Waals surface area contributed by atoms with Gasteiger partial charge in [0.1, 0.15) is 0 Å². The molecule has 0 spiro atoms. The summed E-state index contributed by atoms with van der Waals surface area (Å²) in [5.74, 6) is -1.66. The number of nitrogens with one attached hydrogen (secondary N) is 2. The van der Waals surface area contributed by atoms with Crippen LogP contribution in [0.15, 0.2) is 72.8 Å². The van der Waals surface area contributed by atoms with E-state index in [1.807, 2.05) is 75.1 Å². The Kier molecular flexibility index (Phi) is 9.85. The van der Waals surface area contributed by atoms with Crippen molar-refractivity contribution in [1.82, 2.24) is 10.2 Å². The number of carbonyl (C=O) groups is 4. The molecule has 9 nitrogen and oxygen atoms in total. The summed E-state index contributed by atoms with van der Waals surface area (Å²) in [5.41, 5.74) is 3.69. The minimum atomic E-state index is -1.03. The number of rotatable bonds is 9. The third kappa shape index (κ3) is 8.67. The summed E-state index contributed by atoms with van der Waals surface area (Å²) < 4.78 is 0. The van der Waals surface area contributed by atoms with E-state index in [1.165, 1.54) is 0 Å². The van der Waals surface area contributed by atoms with E-state index < -0.39 is 17.9 Å². The van der Waals surface area contributed by atoms with Crippen LogP contribution in [0.4, 0.5) is 11.4 Å². The van der Waals surface area contributed by atoms with Crippen molar-refractivity contribution in [2.45, 2.75) is 46.6 Å². The Morgan fingerprint density at radius 1 is 0.860 bits per heavy atom. The third-order valence-electron chi connectivity index (χ3n) is 7.32. The zero-order chi connectivity index (χ0) is 31.1. The van der Waals surface area contributed by atoms with Gasteiger partial charge in [-0.15, -0.1) is 0 Å². The first-order chi connectivity index (χ1) is 20.4. The van der Waals surface area contributed by atoms with Crippen molar-refractivity contribution in [3.05, 3.63) is 95.1 Å². The molecule has 0 bridgehead atoms. The van der Waals surface area contributed by atoms with E-state index >= 15 is 0 Å². The Bertz CT molecular complexity index is 1460. The van der Waals surface area contributed by atoms with Gasteiger partial charge in [0.15, 0.2) is 0 Å². The minimum Gasteiger partial charge on any atom is -0.481 e. The highest BCUT2D eigenvalue weighted by Gasteiger charge is 2.26. The molecule has 3 aromatic carbocycles. The zero-order valence-electron chi connectivity index (χ0n) is 25.2. The average molecular weight is 585 g/mol. The molecule has 0 saturated carbocycles. The van der Waals surface area contributed by atoms with E-state index in [-0.39, 0.29) is 30.1 Å². The summed E-state index contributed by atoms with van der Waals surface area (Å²) in [6, 6.07) is 21.0. The lowest BCUT2D eigenvalue weighted by Crippen LogP contribution is -2.49. The number of nitrogens with zero attached hydrogens (tertiary/aromatic N) is 2. The fraction of sp³-hybridized carbons (Fsp3) is 0.353. The van der Waals surface area contributed by atoms with Crippen LogP contribution in [-0.4, -0.2) is 59.9 Å². The van der Waals surface area contributed by atoms with Crippen LogP contribution in [0.3, 0.4) is 0 Å².